The molecule has 0 radical (unpaired) electrons. The van der Waals surface area contributed by atoms with Crippen LogP contribution in [0.2, 0.25) is 0 Å². The van der Waals surface area contributed by atoms with Crippen LogP contribution in [0.1, 0.15) is 108 Å². The molecule has 1 aliphatic carbocycles. The third-order valence-corrected chi connectivity index (χ3v) is 13.2. The van der Waals surface area contributed by atoms with Crippen LogP contribution in [0.15, 0.2) is 0 Å². The van der Waals surface area contributed by atoms with Crippen LogP contribution >= 0.6 is 0 Å². The number of ether oxygens (including phenoxy) is 6. The minimum Gasteiger partial charge on any atom is -0.459 e. The number of hydrogen-bond acceptors (Lipinski definition) is 15. The van der Waals surface area contributed by atoms with E-state index >= 15 is 0 Å². The van der Waals surface area contributed by atoms with Gasteiger partial charge in [-0.15, -0.1) is 0 Å². The van der Waals surface area contributed by atoms with E-state index < -0.39 is 95.5 Å². The Bertz CT molecular complexity index is 1240. The summed E-state index contributed by atoms with van der Waals surface area (Å²) in [6.45, 7) is 18.2. The van der Waals surface area contributed by atoms with Crippen LogP contribution in [-0.4, -0.2) is 155 Å². The van der Waals surface area contributed by atoms with Crippen LogP contribution in [0.4, 0.5) is 0 Å². The van der Waals surface area contributed by atoms with Crippen LogP contribution in [-0.2, 0) is 33.2 Å². The number of aliphatic hydroxyl groups excluding tert-OH is 2. The van der Waals surface area contributed by atoms with Gasteiger partial charge in [0.05, 0.1) is 35.9 Å². The summed E-state index contributed by atoms with van der Waals surface area (Å²) in [7, 11) is 3.31. The molecule has 3 heterocycles. The highest BCUT2D eigenvalue weighted by atomic mass is 16.7. The Labute approximate surface area is 328 Å². The number of methoxy groups -OCH3 is 1. The molecular weight excluding hydrogens is 714 g/mol. The minimum absolute atomic E-state index is 0.106. The number of hydrogen-bond donors (Lipinski definition) is 8. The lowest BCUT2D eigenvalue weighted by Gasteiger charge is -2.53. The molecule has 0 aromatic carbocycles. The lowest BCUT2D eigenvalue weighted by atomic mass is 9.75. The summed E-state index contributed by atoms with van der Waals surface area (Å²) in [6, 6.07) is -0.584. The van der Waals surface area contributed by atoms with Crippen molar-refractivity contribution < 1.29 is 58.7 Å². The maximum absolute atomic E-state index is 14.3. The predicted octanol–water partition coefficient (Wildman–Crippen LogP) is 1.34. The van der Waals surface area contributed by atoms with Gasteiger partial charge in [-0.2, -0.15) is 0 Å². The van der Waals surface area contributed by atoms with E-state index in [0.717, 1.165) is 12.8 Å². The fraction of sp³-hybridized carbons (Fsp3) is 0.975. The smallest absolute Gasteiger partial charge is 0.311 e. The lowest BCUT2D eigenvalue weighted by molar-refractivity contribution is -0.335. The normalized spacial score (nSPS) is 49.8. The quantitative estimate of drug-likeness (QED) is 0.147. The molecule has 15 nitrogen and oxygen atoms in total. The highest BCUT2D eigenvalue weighted by Gasteiger charge is 2.58. The molecule has 0 aromatic rings. The van der Waals surface area contributed by atoms with Gasteiger partial charge in [0.15, 0.2) is 12.6 Å². The van der Waals surface area contributed by atoms with Crippen molar-refractivity contribution in [3.8, 4) is 0 Å². The molecule has 4 fully saturated rings. The van der Waals surface area contributed by atoms with E-state index in [4.69, 9.17) is 28.4 Å². The fourth-order valence-electron chi connectivity index (χ4n) is 9.14. The first-order valence-electron chi connectivity index (χ1n) is 20.6. The summed E-state index contributed by atoms with van der Waals surface area (Å²) >= 11 is 0. The van der Waals surface area contributed by atoms with Crippen LogP contribution in [0, 0.1) is 17.8 Å². The summed E-state index contributed by atoms with van der Waals surface area (Å²) in [5.74, 6) is -2.65. The molecule has 0 amide bonds. The zero-order valence-electron chi connectivity index (χ0n) is 35.4. The first-order valence-corrected chi connectivity index (χ1v) is 20.6. The largest absolute Gasteiger partial charge is 0.459 e. The Kier molecular flexibility index (Phi) is 15.7. The third-order valence-electron chi connectivity index (χ3n) is 13.2. The Hall–Kier alpha value is -1.05. The van der Waals surface area contributed by atoms with Crippen molar-refractivity contribution >= 4 is 5.97 Å². The molecule has 0 bridgehead atoms. The molecule has 3 aliphatic heterocycles. The van der Waals surface area contributed by atoms with Gasteiger partial charge in [0.25, 0.3) is 0 Å². The average molecular weight is 790 g/mol. The summed E-state index contributed by atoms with van der Waals surface area (Å²) in [5, 5.41) is 68.8. The van der Waals surface area contributed by atoms with Crippen molar-refractivity contribution in [2.45, 2.75) is 204 Å². The van der Waals surface area contributed by atoms with Crippen LogP contribution in [0.25, 0.3) is 0 Å². The number of rotatable bonds is 10. The first-order chi connectivity index (χ1) is 25.5. The predicted molar refractivity (Wildman–Crippen MR) is 205 cm³/mol. The number of carbonyl (C=O) groups is 1. The number of aliphatic hydroxyl groups is 5. The van der Waals surface area contributed by atoms with Crippen molar-refractivity contribution in [2.75, 3.05) is 27.2 Å². The van der Waals surface area contributed by atoms with Crippen LogP contribution < -0.4 is 16.0 Å². The standard InChI is InChI=1S/C40H75N3O12/c1-13-29-39(10,48)33(45)25(6)42-19-21(2)17-37(8,47)34(55-36-31(44)28(41-11)16-22(3)51-36)23(4)32(24(5)35(46)53-29)54-30-18-38(9,50-12)40(49,26(7)52-30)20-43-27-14-15-27/h21-34,36,41-45,47-49H,13-20H2,1-12H3/t21-,22-,23+,24-,25-,26+,28+,29-,30+,31-,32+,33-,34-,36+,37-,38-,39-,40+/m1/s1. The summed E-state index contributed by atoms with van der Waals surface area (Å²) in [4.78, 5) is 14.3. The molecule has 18 atom stereocenters. The van der Waals surface area contributed by atoms with E-state index in [2.05, 4.69) is 16.0 Å². The van der Waals surface area contributed by atoms with Gasteiger partial charge in [-0.25, -0.2) is 0 Å². The van der Waals surface area contributed by atoms with E-state index in [1.165, 1.54) is 6.92 Å². The number of cyclic esters (lactones) is 1. The Morgan fingerprint density at radius 1 is 0.964 bits per heavy atom. The molecule has 3 saturated heterocycles. The molecule has 4 aliphatic rings. The van der Waals surface area contributed by atoms with Gasteiger partial charge in [0.2, 0.25) is 0 Å². The molecule has 4 rings (SSSR count). The van der Waals surface area contributed by atoms with Gasteiger partial charge in [0.1, 0.15) is 35.1 Å². The Morgan fingerprint density at radius 2 is 1.62 bits per heavy atom. The highest BCUT2D eigenvalue weighted by Crippen LogP contribution is 2.43. The third kappa shape index (κ3) is 10.4. The van der Waals surface area contributed by atoms with Gasteiger partial charge < -0.3 is 69.9 Å². The second-order valence-corrected chi connectivity index (χ2v) is 18.0. The van der Waals surface area contributed by atoms with Crippen LogP contribution in [0.5, 0.6) is 0 Å². The maximum Gasteiger partial charge on any atom is 0.311 e. The number of likely N-dealkylation sites (N-methyl/N-ethyl adjacent to an activating group) is 1. The zero-order valence-corrected chi connectivity index (χ0v) is 35.4. The van der Waals surface area contributed by atoms with Crippen molar-refractivity contribution in [3.05, 3.63) is 0 Å². The second-order valence-electron chi connectivity index (χ2n) is 18.0. The molecule has 1 saturated carbocycles. The zero-order chi connectivity index (χ0) is 41.3. The SMILES string of the molecule is CC[C@H]1OC(=O)[C@H](C)[C@@H](O[C@H]2C[C@@](C)(OC)[C@](O)(CNC3CC3)[C@H](C)O2)[C@H](C)[C@@H](O[C@@H]2O[C@H](C)C[C@H](NC)[C@H]2O)[C@](C)(O)C[C@@H](C)CN[C@H](C)[C@@H](O)[C@]1(C)O. The maximum atomic E-state index is 14.3. The molecular formula is C40H75N3O12. The van der Waals surface area contributed by atoms with Crippen molar-refractivity contribution in [1.82, 2.24) is 16.0 Å². The fourth-order valence-corrected chi connectivity index (χ4v) is 9.14. The number of esters is 1. The molecule has 322 valence electrons. The second kappa shape index (κ2) is 18.5. The van der Waals surface area contributed by atoms with E-state index in [1.807, 2.05) is 27.7 Å². The van der Waals surface area contributed by atoms with E-state index in [0.29, 0.717) is 19.0 Å². The monoisotopic (exact) mass is 790 g/mol. The molecule has 15 heteroatoms. The van der Waals surface area contributed by atoms with E-state index in [9.17, 15) is 30.3 Å². The average Bonchev–Trinajstić information content (AvgIpc) is 3.96. The Morgan fingerprint density at radius 3 is 2.20 bits per heavy atom. The van der Waals surface area contributed by atoms with Gasteiger partial charge in [0, 0.05) is 44.1 Å². The van der Waals surface area contributed by atoms with Gasteiger partial charge >= 0.3 is 5.97 Å². The summed E-state index contributed by atoms with van der Waals surface area (Å²) in [6.07, 6.45) is -5.48. The molecule has 8 N–H and O–H groups in total. The Balaban J connectivity index is 1.77. The van der Waals surface area contributed by atoms with E-state index in [-0.39, 0.29) is 43.9 Å². The van der Waals surface area contributed by atoms with Crippen molar-refractivity contribution in [1.29, 1.82) is 0 Å². The molecule has 55 heavy (non-hydrogen) atoms. The molecule has 0 aromatic heterocycles. The van der Waals surface area contributed by atoms with Gasteiger partial charge in [-0.1, -0.05) is 20.8 Å². The van der Waals surface area contributed by atoms with Crippen molar-refractivity contribution in [3.63, 3.8) is 0 Å². The topological polar surface area (TPSA) is 210 Å². The highest BCUT2D eigenvalue weighted by molar-refractivity contribution is 5.73. The minimum atomic E-state index is -1.81. The summed E-state index contributed by atoms with van der Waals surface area (Å²) < 4.78 is 38.2. The van der Waals surface area contributed by atoms with Crippen molar-refractivity contribution in [2.24, 2.45) is 17.8 Å². The summed E-state index contributed by atoms with van der Waals surface area (Å²) in [5.41, 5.74) is -5.91. The molecule has 0 spiro atoms. The molecule has 0 unspecified atom stereocenters. The first kappa shape index (κ1) is 46.6. The number of nitrogens with one attached hydrogen (secondary N) is 3. The van der Waals surface area contributed by atoms with Crippen LogP contribution in [0.3, 0.4) is 0 Å². The van der Waals surface area contributed by atoms with Gasteiger partial charge in [-0.05, 0) is 100 Å². The lowest BCUT2D eigenvalue weighted by Crippen LogP contribution is -2.70. The number of carbonyl (C=O) groups excluding carboxylic acids is 1. The van der Waals surface area contributed by atoms with Gasteiger partial charge in [-0.3, -0.25) is 4.79 Å². The van der Waals surface area contributed by atoms with E-state index in [1.54, 1.807) is 48.8 Å².